The number of thioether (sulfide) groups is 1. The fourth-order valence-electron chi connectivity index (χ4n) is 2.77. The highest BCUT2D eigenvalue weighted by molar-refractivity contribution is 7.98. The fourth-order valence-corrected chi connectivity index (χ4v) is 4.59. The van der Waals surface area contributed by atoms with E-state index in [4.69, 9.17) is 34.8 Å². The van der Waals surface area contributed by atoms with E-state index >= 15 is 0 Å². The summed E-state index contributed by atoms with van der Waals surface area (Å²) in [5.41, 5.74) is 2.79. The molecule has 1 aromatic heterocycles. The standard InChI is InChI=1S/C21H14Cl3N3S/c22-15-11-9-14(10-12-15)20-25-26-21(27(20)16-5-2-1-3-6-16)28-13-17-18(23)7-4-8-19(17)24/h1-12H,13H2. The molecule has 0 fully saturated rings. The molecular formula is C21H14Cl3N3S. The van der Waals surface area contributed by atoms with Crippen LogP contribution in [0.4, 0.5) is 0 Å². The highest BCUT2D eigenvalue weighted by Gasteiger charge is 2.17. The van der Waals surface area contributed by atoms with E-state index in [0.717, 1.165) is 27.8 Å². The van der Waals surface area contributed by atoms with Crippen molar-refractivity contribution < 1.29 is 0 Å². The molecule has 0 saturated heterocycles. The van der Waals surface area contributed by atoms with Gasteiger partial charge >= 0.3 is 0 Å². The molecule has 0 N–H and O–H groups in total. The second-order valence-corrected chi connectivity index (χ2v) is 8.17. The molecule has 4 aromatic rings. The Labute approximate surface area is 182 Å². The number of rotatable bonds is 5. The summed E-state index contributed by atoms with van der Waals surface area (Å²) in [5, 5.41) is 11.6. The first kappa shape index (κ1) is 19.3. The predicted octanol–water partition coefficient (Wildman–Crippen LogP) is 7.19. The van der Waals surface area contributed by atoms with Gasteiger partial charge in [0.2, 0.25) is 0 Å². The first-order valence-electron chi connectivity index (χ1n) is 8.46. The van der Waals surface area contributed by atoms with Crippen LogP contribution in [0.3, 0.4) is 0 Å². The molecule has 0 radical (unpaired) electrons. The van der Waals surface area contributed by atoms with Crippen molar-refractivity contribution in [1.82, 2.24) is 14.8 Å². The summed E-state index contributed by atoms with van der Waals surface area (Å²) in [6.45, 7) is 0. The van der Waals surface area contributed by atoms with Crippen LogP contribution in [0.25, 0.3) is 17.1 Å². The lowest BCUT2D eigenvalue weighted by Gasteiger charge is -2.11. The van der Waals surface area contributed by atoms with Crippen LogP contribution in [-0.2, 0) is 5.75 Å². The van der Waals surface area contributed by atoms with Gasteiger partial charge in [0.05, 0.1) is 0 Å². The lowest BCUT2D eigenvalue weighted by atomic mass is 10.2. The summed E-state index contributed by atoms with van der Waals surface area (Å²) in [7, 11) is 0. The highest BCUT2D eigenvalue weighted by atomic mass is 35.5. The summed E-state index contributed by atoms with van der Waals surface area (Å²) < 4.78 is 2.03. The molecule has 28 heavy (non-hydrogen) atoms. The number of halogens is 3. The molecule has 140 valence electrons. The molecule has 0 atom stereocenters. The van der Waals surface area contributed by atoms with Crippen LogP contribution in [0.2, 0.25) is 15.1 Å². The largest absolute Gasteiger partial charge is 0.270 e. The summed E-state index contributed by atoms with van der Waals surface area (Å²) >= 11 is 20.2. The van der Waals surface area contributed by atoms with E-state index in [1.54, 1.807) is 0 Å². The zero-order valence-electron chi connectivity index (χ0n) is 14.5. The molecule has 1 heterocycles. The highest BCUT2D eigenvalue weighted by Crippen LogP contribution is 2.34. The topological polar surface area (TPSA) is 30.7 Å². The average molecular weight is 447 g/mol. The fraction of sp³-hybridized carbons (Fsp3) is 0.0476. The lowest BCUT2D eigenvalue weighted by molar-refractivity contribution is 0.886. The smallest absolute Gasteiger partial charge is 0.196 e. The van der Waals surface area contributed by atoms with Gasteiger partial charge in [0, 0.05) is 32.1 Å². The van der Waals surface area contributed by atoms with Crippen molar-refractivity contribution >= 4 is 46.6 Å². The Morgan fingerprint density at radius 1 is 0.750 bits per heavy atom. The van der Waals surface area contributed by atoms with Crippen molar-refractivity contribution in [2.45, 2.75) is 10.9 Å². The molecule has 0 bridgehead atoms. The van der Waals surface area contributed by atoms with Crippen molar-refractivity contribution in [3.05, 3.63) is 93.4 Å². The van der Waals surface area contributed by atoms with Crippen LogP contribution in [0.5, 0.6) is 0 Å². The number of hydrogen-bond acceptors (Lipinski definition) is 3. The number of benzene rings is 3. The molecule has 0 aliphatic heterocycles. The Morgan fingerprint density at radius 3 is 2.11 bits per heavy atom. The molecule has 0 aliphatic carbocycles. The second kappa shape index (κ2) is 8.58. The molecule has 0 amide bonds. The van der Waals surface area contributed by atoms with Crippen molar-refractivity contribution in [3.8, 4) is 17.1 Å². The number of hydrogen-bond donors (Lipinski definition) is 0. The molecule has 0 aliphatic rings. The van der Waals surface area contributed by atoms with E-state index in [1.165, 1.54) is 11.8 Å². The first-order valence-corrected chi connectivity index (χ1v) is 10.6. The van der Waals surface area contributed by atoms with Crippen LogP contribution in [0.1, 0.15) is 5.56 Å². The van der Waals surface area contributed by atoms with Crippen LogP contribution in [0.15, 0.2) is 78.0 Å². The summed E-state index contributed by atoms with van der Waals surface area (Å²) in [4.78, 5) is 0. The third-order valence-corrected chi connectivity index (χ3v) is 6.07. The van der Waals surface area contributed by atoms with E-state index in [2.05, 4.69) is 10.2 Å². The van der Waals surface area contributed by atoms with Gasteiger partial charge < -0.3 is 0 Å². The maximum atomic E-state index is 6.32. The van der Waals surface area contributed by atoms with Gasteiger partial charge in [-0.15, -0.1) is 10.2 Å². The monoisotopic (exact) mass is 445 g/mol. The molecule has 4 rings (SSSR count). The van der Waals surface area contributed by atoms with Crippen LogP contribution in [0, 0.1) is 0 Å². The zero-order valence-corrected chi connectivity index (χ0v) is 17.6. The van der Waals surface area contributed by atoms with Gasteiger partial charge in [-0.3, -0.25) is 4.57 Å². The maximum Gasteiger partial charge on any atom is 0.196 e. The molecular weight excluding hydrogens is 433 g/mol. The van der Waals surface area contributed by atoms with E-state index in [-0.39, 0.29) is 0 Å². The van der Waals surface area contributed by atoms with Gasteiger partial charge in [0.25, 0.3) is 0 Å². The van der Waals surface area contributed by atoms with Gasteiger partial charge in [-0.05, 0) is 54.1 Å². The van der Waals surface area contributed by atoms with E-state index in [1.807, 2.05) is 77.4 Å². The summed E-state index contributed by atoms with van der Waals surface area (Å²) in [5.74, 6) is 1.33. The molecule has 7 heteroatoms. The SMILES string of the molecule is Clc1ccc(-c2nnc(SCc3c(Cl)cccc3Cl)n2-c2ccccc2)cc1. The Morgan fingerprint density at radius 2 is 1.43 bits per heavy atom. The van der Waals surface area contributed by atoms with Gasteiger partial charge in [-0.1, -0.05) is 70.8 Å². The molecule has 0 spiro atoms. The normalized spacial score (nSPS) is 11.0. The summed E-state index contributed by atoms with van der Waals surface area (Å²) in [6.07, 6.45) is 0. The zero-order chi connectivity index (χ0) is 19.5. The Kier molecular flexibility index (Phi) is 5.93. The Bertz CT molecular complexity index is 1080. The quantitative estimate of drug-likeness (QED) is 0.304. The molecule has 3 nitrogen and oxygen atoms in total. The van der Waals surface area contributed by atoms with Gasteiger partial charge in [-0.25, -0.2) is 0 Å². The van der Waals surface area contributed by atoms with Crippen LogP contribution >= 0.6 is 46.6 Å². The van der Waals surface area contributed by atoms with Crippen molar-refractivity contribution in [2.24, 2.45) is 0 Å². The Balaban J connectivity index is 1.74. The van der Waals surface area contributed by atoms with Gasteiger partial charge in [-0.2, -0.15) is 0 Å². The minimum atomic E-state index is 0.587. The van der Waals surface area contributed by atoms with Crippen molar-refractivity contribution in [2.75, 3.05) is 0 Å². The van der Waals surface area contributed by atoms with E-state index in [9.17, 15) is 0 Å². The van der Waals surface area contributed by atoms with Crippen molar-refractivity contribution in [3.63, 3.8) is 0 Å². The average Bonchev–Trinajstić information content (AvgIpc) is 3.13. The van der Waals surface area contributed by atoms with Crippen molar-refractivity contribution in [1.29, 1.82) is 0 Å². The van der Waals surface area contributed by atoms with E-state index < -0.39 is 0 Å². The third kappa shape index (κ3) is 4.06. The molecule has 3 aromatic carbocycles. The predicted molar refractivity (Wildman–Crippen MR) is 118 cm³/mol. The Hall–Kier alpha value is -1.98. The minimum Gasteiger partial charge on any atom is -0.270 e. The van der Waals surface area contributed by atoms with E-state index in [0.29, 0.717) is 20.8 Å². The molecule has 0 unspecified atom stereocenters. The summed E-state index contributed by atoms with van der Waals surface area (Å²) in [6, 6.07) is 23.1. The lowest BCUT2D eigenvalue weighted by Crippen LogP contribution is -1.99. The molecule has 0 saturated carbocycles. The second-order valence-electron chi connectivity index (χ2n) is 5.97. The van der Waals surface area contributed by atoms with Gasteiger partial charge in [0.15, 0.2) is 11.0 Å². The van der Waals surface area contributed by atoms with Crippen LogP contribution in [-0.4, -0.2) is 14.8 Å². The van der Waals surface area contributed by atoms with Crippen LogP contribution < -0.4 is 0 Å². The van der Waals surface area contributed by atoms with Gasteiger partial charge in [0.1, 0.15) is 0 Å². The minimum absolute atomic E-state index is 0.587. The maximum absolute atomic E-state index is 6.32. The number of para-hydroxylation sites is 1. The number of aromatic nitrogens is 3. The third-order valence-electron chi connectivity index (χ3n) is 4.16. The first-order chi connectivity index (χ1) is 13.6. The number of nitrogens with zero attached hydrogens (tertiary/aromatic N) is 3.